The minimum Gasteiger partial charge on any atom is -0.329 e. The average molecular weight is 275 g/mol. The zero-order chi connectivity index (χ0) is 13.7. The molecule has 0 aliphatic rings. The summed E-state index contributed by atoms with van der Waals surface area (Å²) in [5.41, 5.74) is 2.72. The second-order valence-electron chi connectivity index (χ2n) is 4.60. The van der Waals surface area contributed by atoms with Crippen LogP contribution in [0.15, 0.2) is 41.8 Å². The lowest BCUT2D eigenvalue weighted by atomic mass is 10.0. The molecular formula is C15H21N3S. The first-order valence-electron chi connectivity index (χ1n) is 6.61. The summed E-state index contributed by atoms with van der Waals surface area (Å²) in [5.74, 6) is 0.990. The van der Waals surface area contributed by atoms with Gasteiger partial charge < -0.3 is 9.88 Å². The molecule has 2 aromatic rings. The van der Waals surface area contributed by atoms with Crippen LogP contribution >= 0.6 is 11.8 Å². The van der Waals surface area contributed by atoms with E-state index in [1.165, 1.54) is 11.1 Å². The predicted octanol–water partition coefficient (Wildman–Crippen LogP) is 3.17. The Bertz CT molecular complexity index is 522. The zero-order valence-electron chi connectivity index (χ0n) is 11.8. The normalized spacial score (nSPS) is 12.6. The van der Waals surface area contributed by atoms with Gasteiger partial charge in [0.25, 0.3) is 0 Å². The van der Waals surface area contributed by atoms with E-state index in [9.17, 15) is 0 Å². The van der Waals surface area contributed by atoms with Crippen LogP contribution in [-0.4, -0.2) is 21.8 Å². The molecule has 1 aromatic heterocycles. The Kier molecular flexibility index (Phi) is 5.05. The van der Waals surface area contributed by atoms with Crippen molar-refractivity contribution in [3.8, 4) is 0 Å². The Morgan fingerprint density at radius 3 is 2.79 bits per heavy atom. The minimum absolute atomic E-state index is 0.368. The molecule has 0 aliphatic carbocycles. The lowest BCUT2D eigenvalue weighted by molar-refractivity contribution is 0.602. The number of nitrogens with one attached hydrogen (secondary N) is 1. The largest absolute Gasteiger partial charge is 0.329 e. The third-order valence-electron chi connectivity index (χ3n) is 3.17. The van der Waals surface area contributed by atoms with Crippen LogP contribution in [0.2, 0.25) is 0 Å². The Balaban J connectivity index is 2.09. The number of aromatic nitrogens is 2. The van der Waals surface area contributed by atoms with Crippen LogP contribution in [0, 0.1) is 6.92 Å². The van der Waals surface area contributed by atoms with Gasteiger partial charge in [0.2, 0.25) is 0 Å². The lowest BCUT2D eigenvalue weighted by Crippen LogP contribution is -2.23. The SMILES string of the molecule is CCNC(CSc1nccn1C)c1ccccc1C. The van der Waals surface area contributed by atoms with Gasteiger partial charge in [-0.15, -0.1) is 0 Å². The number of imidazole rings is 1. The second-order valence-corrected chi connectivity index (χ2v) is 5.59. The molecule has 0 fully saturated rings. The number of nitrogens with zero attached hydrogens (tertiary/aromatic N) is 2. The summed E-state index contributed by atoms with van der Waals surface area (Å²) < 4.78 is 2.06. The molecular weight excluding hydrogens is 254 g/mol. The first-order chi connectivity index (χ1) is 9.22. The van der Waals surface area contributed by atoms with Gasteiger partial charge in [0, 0.05) is 31.2 Å². The number of thioether (sulfide) groups is 1. The first-order valence-corrected chi connectivity index (χ1v) is 7.60. The van der Waals surface area contributed by atoms with Crippen molar-refractivity contribution in [2.24, 2.45) is 7.05 Å². The highest BCUT2D eigenvalue weighted by molar-refractivity contribution is 7.99. The first kappa shape index (κ1) is 14.2. The van der Waals surface area contributed by atoms with Crippen molar-refractivity contribution in [3.63, 3.8) is 0 Å². The number of hydrogen-bond acceptors (Lipinski definition) is 3. The van der Waals surface area contributed by atoms with Crippen molar-refractivity contribution < 1.29 is 0 Å². The standard InChI is InChI=1S/C15H21N3S/c1-4-16-14(13-8-6-5-7-12(13)2)11-19-15-17-9-10-18(15)3/h5-10,14,16H,4,11H2,1-3H3. The molecule has 1 aromatic carbocycles. The maximum absolute atomic E-state index is 4.36. The van der Waals surface area contributed by atoms with Gasteiger partial charge in [0.05, 0.1) is 0 Å². The summed E-state index contributed by atoms with van der Waals surface area (Å²) in [7, 11) is 2.03. The van der Waals surface area contributed by atoms with Crippen molar-refractivity contribution in [2.75, 3.05) is 12.3 Å². The Morgan fingerprint density at radius 1 is 1.37 bits per heavy atom. The van der Waals surface area contributed by atoms with Crippen molar-refractivity contribution in [1.82, 2.24) is 14.9 Å². The van der Waals surface area contributed by atoms with Gasteiger partial charge >= 0.3 is 0 Å². The average Bonchev–Trinajstić information content (AvgIpc) is 2.81. The van der Waals surface area contributed by atoms with E-state index in [4.69, 9.17) is 0 Å². The number of benzene rings is 1. The van der Waals surface area contributed by atoms with E-state index in [1.807, 2.05) is 19.4 Å². The highest BCUT2D eigenvalue weighted by Crippen LogP contribution is 2.25. The molecule has 1 N–H and O–H groups in total. The number of aryl methyl sites for hydroxylation is 2. The third kappa shape index (κ3) is 3.61. The van der Waals surface area contributed by atoms with Gasteiger partial charge in [-0.3, -0.25) is 0 Å². The Labute approximate surface area is 119 Å². The third-order valence-corrected chi connectivity index (χ3v) is 4.32. The van der Waals surface area contributed by atoms with Crippen LogP contribution in [0.5, 0.6) is 0 Å². The van der Waals surface area contributed by atoms with Crippen LogP contribution in [0.1, 0.15) is 24.1 Å². The van der Waals surface area contributed by atoms with Crippen LogP contribution in [0.3, 0.4) is 0 Å². The summed E-state index contributed by atoms with van der Waals surface area (Å²) in [6.07, 6.45) is 3.83. The van der Waals surface area contributed by atoms with Gasteiger partial charge in [-0.1, -0.05) is 43.0 Å². The van der Waals surface area contributed by atoms with Crippen LogP contribution in [-0.2, 0) is 7.05 Å². The summed E-state index contributed by atoms with van der Waals surface area (Å²) in [6, 6.07) is 8.95. The maximum atomic E-state index is 4.36. The van der Waals surface area contributed by atoms with Crippen molar-refractivity contribution >= 4 is 11.8 Å². The van der Waals surface area contributed by atoms with Crippen molar-refractivity contribution in [1.29, 1.82) is 0 Å². The number of rotatable bonds is 6. The van der Waals surface area contributed by atoms with E-state index < -0.39 is 0 Å². The Morgan fingerprint density at radius 2 is 2.16 bits per heavy atom. The van der Waals surface area contributed by atoms with E-state index in [1.54, 1.807) is 11.8 Å². The molecule has 0 amide bonds. The topological polar surface area (TPSA) is 29.9 Å². The monoisotopic (exact) mass is 275 g/mol. The molecule has 1 heterocycles. The summed E-state index contributed by atoms with van der Waals surface area (Å²) in [6.45, 7) is 5.29. The minimum atomic E-state index is 0.368. The fourth-order valence-corrected chi connectivity index (χ4v) is 3.14. The zero-order valence-corrected chi connectivity index (χ0v) is 12.6. The molecule has 0 aliphatic heterocycles. The molecule has 3 nitrogen and oxygen atoms in total. The van der Waals surface area contributed by atoms with Crippen LogP contribution < -0.4 is 5.32 Å². The molecule has 0 bridgehead atoms. The molecule has 0 saturated carbocycles. The Hall–Kier alpha value is -1.26. The van der Waals surface area contributed by atoms with E-state index in [0.717, 1.165) is 17.5 Å². The molecule has 1 atom stereocenters. The number of hydrogen-bond donors (Lipinski definition) is 1. The maximum Gasteiger partial charge on any atom is 0.167 e. The summed E-state index contributed by atoms with van der Waals surface area (Å²) in [4.78, 5) is 4.36. The molecule has 0 spiro atoms. The fourth-order valence-electron chi connectivity index (χ4n) is 2.13. The molecule has 1 unspecified atom stereocenters. The molecule has 2 rings (SSSR count). The van der Waals surface area contributed by atoms with Gasteiger partial charge in [0.15, 0.2) is 5.16 Å². The van der Waals surface area contributed by atoms with Crippen molar-refractivity contribution in [2.45, 2.75) is 25.0 Å². The van der Waals surface area contributed by atoms with Crippen molar-refractivity contribution in [3.05, 3.63) is 47.8 Å². The predicted molar refractivity (Wildman–Crippen MR) is 81.5 cm³/mol. The smallest absolute Gasteiger partial charge is 0.167 e. The van der Waals surface area contributed by atoms with Gasteiger partial charge in [-0.25, -0.2) is 4.98 Å². The summed E-state index contributed by atoms with van der Waals surface area (Å²) >= 11 is 1.79. The van der Waals surface area contributed by atoms with Gasteiger partial charge in [-0.2, -0.15) is 0 Å². The highest BCUT2D eigenvalue weighted by Gasteiger charge is 2.13. The van der Waals surface area contributed by atoms with E-state index >= 15 is 0 Å². The second kappa shape index (κ2) is 6.78. The van der Waals surface area contributed by atoms with E-state index in [2.05, 4.69) is 53.0 Å². The van der Waals surface area contributed by atoms with Crippen LogP contribution in [0.25, 0.3) is 0 Å². The molecule has 0 radical (unpaired) electrons. The summed E-state index contributed by atoms with van der Waals surface area (Å²) in [5, 5.41) is 4.63. The molecule has 4 heteroatoms. The quantitative estimate of drug-likeness (QED) is 0.821. The van der Waals surface area contributed by atoms with E-state index in [0.29, 0.717) is 6.04 Å². The van der Waals surface area contributed by atoms with Crippen LogP contribution in [0.4, 0.5) is 0 Å². The molecule has 0 saturated heterocycles. The highest BCUT2D eigenvalue weighted by atomic mass is 32.2. The fraction of sp³-hybridized carbons (Fsp3) is 0.400. The molecule has 102 valence electrons. The van der Waals surface area contributed by atoms with E-state index in [-0.39, 0.29) is 0 Å². The molecule has 19 heavy (non-hydrogen) atoms. The van der Waals surface area contributed by atoms with Gasteiger partial charge in [0.1, 0.15) is 0 Å². The lowest BCUT2D eigenvalue weighted by Gasteiger charge is -2.19. The van der Waals surface area contributed by atoms with Gasteiger partial charge in [-0.05, 0) is 24.6 Å².